The number of halogens is 1. The van der Waals surface area contributed by atoms with Crippen LogP contribution in [0.5, 0.6) is 5.75 Å². The van der Waals surface area contributed by atoms with E-state index in [0.717, 1.165) is 14.9 Å². The molecular formula is C11H15IO2. The first-order valence-corrected chi connectivity index (χ1v) is 5.70. The molecule has 0 atom stereocenters. The van der Waals surface area contributed by atoms with Gasteiger partial charge in [-0.3, -0.25) is 0 Å². The summed E-state index contributed by atoms with van der Waals surface area (Å²) in [6.07, 6.45) is 0. The van der Waals surface area contributed by atoms with E-state index in [0.29, 0.717) is 13.4 Å². The van der Waals surface area contributed by atoms with Gasteiger partial charge < -0.3 is 9.47 Å². The molecule has 3 heteroatoms. The van der Waals surface area contributed by atoms with Crippen LogP contribution in [0.4, 0.5) is 0 Å². The van der Waals surface area contributed by atoms with Gasteiger partial charge in [0.25, 0.3) is 0 Å². The highest BCUT2D eigenvalue weighted by Crippen LogP contribution is 2.26. The Morgan fingerprint density at radius 2 is 2.00 bits per heavy atom. The molecule has 0 aromatic heterocycles. The first-order chi connectivity index (χ1) is 6.65. The first-order valence-electron chi connectivity index (χ1n) is 4.62. The Morgan fingerprint density at radius 3 is 2.57 bits per heavy atom. The maximum Gasteiger partial charge on any atom is 0.189 e. The Balaban J connectivity index is 2.75. The van der Waals surface area contributed by atoms with Gasteiger partial charge in [0.15, 0.2) is 6.79 Å². The van der Waals surface area contributed by atoms with Crippen molar-refractivity contribution in [2.45, 2.75) is 20.8 Å². The van der Waals surface area contributed by atoms with Gasteiger partial charge in [0.05, 0.1) is 3.57 Å². The van der Waals surface area contributed by atoms with E-state index >= 15 is 0 Å². The minimum absolute atomic E-state index is 0.330. The quantitative estimate of drug-likeness (QED) is 0.483. The zero-order valence-electron chi connectivity index (χ0n) is 8.76. The number of ether oxygens (including phenoxy) is 2. The highest BCUT2D eigenvalue weighted by atomic mass is 127. The highest BCUT2D eigenvalue weighted by Gasteiger charge is 2.05. The molecule has 0 amide bonds. The van der Waals surface area contributed by atoms with Crippen LogP contribution in [-0.2, 0) is 4.74 Å². The summed E-state index contributed by atoms with van der Waals surface area (Å²) in [5, 5.41) is 0. The van der Waals surface area contributed by atoms with Crippen LogP contribution < -0.4 is 4.74 Å². The molecule has 78 valence electrons. The summed E-state index contributed by atoms with van der Waals surface area (Å²) in [5.74, 6) is 0.935. The third-order valence-corrected chi connectivity index (χ3v) is 2.67. The molecule has 0 aliphatic rings. The van der Waals surface area contributed by atoms with Crippen molar-refractivity contribution in [2.75, 3.05) is 13.4 Å². The van der Waals surface area contributed by atoms with E-state index in [9.17, 15) is 0 Å². The molecule has 0 spiro atoms. The summed E-state index contributed by atoms with van der Waals surface area (Å²) < 4.78 is 11.8. The molecule has 1 rings (SSSR count). The SMILES string of the molecule is CCOCOc1c(C)cc(C)cc1I. The molecule has 0 unspecified atom stereocenters. The molecule has 0 aliphatic carbocycles. The molecule has 0 saturated carbocycles. The van der Waals surface area contributed by atoms with Crippen LogP contribution in [0, 0.1) is 17.4 Å². The molecule has 0 bridgehead atoms. The van der Waals surface area contributed by atoms with E-state index in [1.54, 1.807) is 0 Å². The second-order valence-corrected chi connectivity index (χ2v) is 4.31. The first kappa shape index (κ1) is 11.8. The van der Waals surface area contributed by atoms with Crippen LogP contribution in [0.2, 0.25) is 0 Å². The largest absolute Gasteiger partial charge is 0.466 e. The third-order valence-electron chi connectivity index (χ3n) is 1.86. The lowest BCUT2D eigenvalue weighted by Gasteiger charge is -2.11. The fraction of sp³-hybridized carbons (Fsp3) is 0.455. The van der Waals surface area contributed by atoms with Crippen LogP contribution in [0.15, 0.2) is 12.1 Å². The summed E-state index contributed by atoms with van der Waals surface area (Å²) in [6.45, 7) is 7.10. The second-order valence-electron chi connectivity index (χ2n) is 3.15. The smallest absolute Gasteiger partial charge is 0.189 e. The van der Waals surface area contributed by atoms with Gasteiger partial charge in [0.1, 0.15) is 5.75 Å². The number of aryl methyl sites for hydroxylation is 2. The number of rotatable bonds is 4. The third kappa shape index (κ3) is 3.13. The minimum Gasteiger partial charge on any atom is -0.466 e. The molecular weight excluding hydrogens is 291 g/mol. The van der Waals surface area contributed by atoms with E-state index in [-0.39, 0.29) is 0 Å². The predicted octanol–water partition coefficient (Wildman–Crippen LogP) is 3.28. The molecule has 0 heterocycles. The van der Waals surface area contributed by atoms with Crippen molar-refractivity contribution < 1.29 is 9.47 Å². The summed E-state index contributed by atoms with van der Waals surface area (Å²) in [7, 11) is 0. The number of hydrogen-bond acceptors (Lipinski definition) is 2. The Morgan fingerprint density at radius 1 is 1.29 bits per heavy atom. The van der Waals surface area contributed by atoms with Crippen molar-refractivity contribution in [3.63, 3.8) is 0 Å². The Bertz CT molecular complexity index is 287. The van der Waals surface area contributed by atoms with E-state index < -0.39 is 0 Å². The van der Waals surface area contributed by atoms with Crippen molar-refractivity contribution in [1.82, 2.24) is 0 Å². The van der Waals surface area contributed by atoms with Crippen molar-refractivity contribution in [3.8, 4) is 5.75 Å². The van der Waals surface area contributed by atoms with Crippen LogP contribution >= 0.6 is 22.6 Å². The molecule has 0 saturated heterocycles. The molecule has 14 heavy (non-hydrogen) atoms. The lowest BCUT2D eigenvalue weighted by atomic mass is 10.1. The van der Waals surface area contributed by atoms with Crippen LogP contribution in [0.1, 0.15) is 18.1 Å². The zero-order chi connectivity index (χ0) is 10.6. The van der Waals surface area contributed by atoms with Gasteiger partial charge in [-0.15, -0.1) is 0 Å². The summed E-state index contributed by atoms with van der Waals surface area (Å²) in [5.41, 5.74) is 2.42. The molecule has 0 aliphatic heterocycles. The van der Waals surface area contributed by atoms with Gasteiger partial charge in [0, 0.05) is 6.61 Å². The lowest BCUT2D eigenvalue weighted by Crippen LogP contribution is -2.04. The lowest BCUT2D eigenvalue weighted by molar-refractivity contribution is 0.0215. The van der Waals surface area contributed by atoms with Gasteiger partial charge in [-0.25, -0.2) is 0 Å². The molecule has 0 N–H and O–H groups in total. The van der Waals surface area contributed by atoms with E-state index in [2.05, 4.69) is 48.6 Å². The zero-order valence-corrected chi connectivity index (χ0v) is 10.9. The highest BCUT2D eigenvalue weighted by molar-refractivity contribution is 14.1. The maximum atomic E-state index is 5.53. The van der Waals surface area contributed by atoms with Gasteiger partial charge in [0.2, 0.25) is 0 Å². The molecule has 0 fully saturated rings. The molecule has 0 radical (unpaired) electrons. The normalized spacial score (nSPS) is 10.3. The van der Waals surface area contributed by atoms with Crippen LogP contribution in [0.3, 0.4) is 0 Å². The van der Waals surface area contributed by atoms with E-state index in [1.165, 1.54) is 5.56 Å². The summed E-state index contributed by atoms with van der Waals surface area (Å²) >= 11 is 2.28. The van der Waals surface area contributed by atoms with Crippen molar-refractivity contribution in [1.29, 1.82) is 0 Å². The standard InChI is InChI=1S/C11H15IO2/c1-4-13-7-14-11-9(3)5-8(2)6-10(11)12/h5-6H,4,7H2,1-3H3. The maximum absolute atomic E-state index is 5.53. The van der Waals surface area contributed by atoms with Crippen LogP contribution in [-0.4, -0.2) is 13.4 Å². The molecule has 1 aromatic carbocycles. The van der Waals surface area contributed by atoms with E-state index in [4.69, 9.17) is 9.47 Å². The fourth-order valence-electron chi connectivity index (χ4n) is 1.27. The number of benzene rings is 1. The van der Waals surface area contributed by atoms with Gasteiger partial charge in [-0.2, -0.15) is 0 Å². The van der Waals surface area contributed by atoms with Crippen molar-refractivity contribution >= 4 is 22.6 Å². The summed E-state index contributed by atoms with van der Waals surface area (Å²) in [6, 6.07) is 4.22. The van der Waals surface area contributed by atoms with Gasteiger partial charge in [-0.05, 0) is 60.6 Å². The number of hydrogen-bond donors (Lipinski definition) is 0. The monoisotopic (exact) mass is 306 g/mol. The molecule has 2 nitrogen and oxygen atoms in total. The Kier molecular flexibility index (Phi) is 4.68. The van der Waals surface area contributed by atoms with Crippen molar-refractivity contribution in [3.05, 3.63) is 26.8 Å². The fourth-order valence-corrected chi connectivity index (χ4v) is 2.34. The van der Waals surface area contributed by atoms with E-state index in [1.807, 2.05) is 6.92 Å². The van der Waals surface area contributed by atoms with Crippen LogP contribution in [0.25, 0.3) is 0 Å². The summed E-state index contributed by atoms with van der Waals surface area (Å²) in [4.78, 5) is 0. The van der Waals surface area contributed by atoms with Crippen molar-refractivity contribution in [2.24, 2.45) is 0 Å². The Labute approximate surface area is 98.7 Å². The molecule has 1 aromatic rings. The average Bonchev–Trinajstić information content (AvgIpc) is 2.09. The minimum atomic E-state index is 0.330. The average molecular weight is 306 g/mol. The topological polar surface area (TPSA) is 18.5 Å². The van der Waals surface area contributed by atoms with Gasteiger partial charge in [-0.1, -0.05) is 6.07 Å². The Hall–Kier alpha value is -0.290. The predicted molar refractivity (Wildman–Crippen MR) is 65.8 cm³/mol. The van der Waals surface area contributed by atoms with Gasteiger partial charge >= 0.3 is 0 Å². The second kappa shape index (κ2) is 5.56.